The first kappa shape index (κ1) is 22.0. The molecule has 1 aliphatic heterocycles. The number of rotatable bonds is 5. The van der Waals surface area contributed by atoms with Gasteiger partial charge in [-0.15, -0.1) is 0 Å². The van der Waals surface area contributed by atoms with Gasteiger partial charge < -0.3 is 19.7 Å². The van der Waals surface area contributed by atoms with Gasteiger partial charge in [-0.2, -0.15) is 0 Å². The number of aryl methyl sites for hydroxylation is 1. The van der Waals surface area contributed by atoms with Gasteiger partial charge in [-0.05, 0) is 60.5 Å². The Bertz CT molecular complexity index is 1260. The molecule has 7 heteroatoms. The Kier molecular flexibility index (Phi) is 5.79. The fourth-order valence-corrected chi connectivity index (χ4v) is 4.06. The zero-order valence-corrected chi connectivity index (χ0v) is 18.4. The molecular weight excluding hydrogens is 422 g/mol. The van der Waals surface area contributed by atoms with Crippen molar-refractivity contribution in [3.63, 3.8) is 0 Å². The van der Waals surface area contributed by atoms with Gasteiger partial charge in [0.2, 0.25) is 0 Å². The van der Waals surface area contributed by atoms with E-state index in [1.54, 1.807) is 61.5 Å². The van der Waals surface area contributed by atoms with E-state index in [4.69, 9.17) is 9.47 Å². The van der Waals surface area contributed by atoms with Gasteiger partial charge in [-0.25, -0.2) is 0 Å². The van der Waals surface area contributed by atoms with E-state index in [1.807, 2.05) is 0 Å². The third-order valence-corrected chi connectivity index (χ3v) is 5.69. The highest BCUT2D eigenvalue weighted by atomic mass is 16.5. The molecule has 1 atom stereocenters. The van der Waals surface area contributed by atoms with Crippen molar-refractivity contribution in [2.24, 2.45) is 0 Å². The number of carbonyl (C=O) groups excluding carboxylic acids is 2. The van der Waals surface area contributed by atoms with Crippen molar-refractivity contribution in [1.29, 1.82) is 0 Å². The SMILES string of the molecule is COc1ccc(/C(O)=C2/C(=O)C(=O)N(c3ccccc3OC)C2c2ccc(O)cc2)c(C)c1. The monoisotopic (exact) mass is 445 g/mol. The first-order valence-corrected chi connectivity index (χ1v) is 10.2. The molecule has 1 heterocycles. The maximum atomic E-state index is 13.3. The Balaban J connectivity index is 1.97. The number of methoxy groups -OCH3 is 2. The normalized spacial score (nSPS) is 17.3. The fourth-order valence-electron chi connectivity index (χ4n) is 4.06. The Labute approximate surface area is 191 Å². The number of benzene rings is 3. The van der Waals surface area contributed by atoms with Gasteiger partial charge in [0.25, 0.3) is 11.7 Å². The number of ether oxygens (including phenoxy) is 2. The van der Waals surface area contributed by atoms with Crippen LogP contribution in [0.3, 0.4) is 0 Å². The van der Waals surface area contributed by atoms with Gasteiger partial charge >= 0.3 is 0 Å². The van der Waals surface area contributed by atoms with Gasteiger partial charge in [0.05, 0.1) is 31.5 Å². The number of nitrogens with zero attached hydrogens (tertiary/aromatic N) is 1. The first-order chi connectivity index (χ1) is 15.9. The second-order valence-corrected chi connectivity index (χ2v) is 7.61. The number of anilines is 1. The molecule has 7 nitrogen and oxygen atoms in total. The van der Waals surface area contributed by atoms with Gasteiger partial charge in [-0.3, -0.25) is 14.5 Å². The van der Waals surface area contributed by atoms with Gasteiger partial charge in [0, 0.05) is 5.56 Å². The summed E-state index contributed by atoms with van der Waals surface area (Å²) >= 11 is 0. The number of aliphatic hydroxyl groups is 1. The highest BCUT2D eigenvalue weighted by Gasteiger charge is 2.47. The maximum Gasteiger partial charge on any atom is 0.300 e. The van der Waals surface area contributed by atoms with Crippen LogP contribution >= 0.6 is 0 Å². The van der Waals surface area contributed by atoms with E-state index >= 15 is 0 Å². The van der Waals surface area contributed by atoms with Crippen LogP contribution in [-0.4, -0.2) is 36.1 Å². The molecule has 4 rings (SSSR count). The summed E-state index contributed by atoms with van der Waals surface area (Å²) in [6, 6.07) is 17.2. The zero-order chi connectivity index (χ0) is 23.7. The third kappa shape index (κ3) is 3.78. The van der Waals surface area contributed by atoms with Crippen molar-refractivity contribution < 1.29 is 29.3 Å². The second kappa shape index (κ2) is 8.70. The van der Waals surface area contributed by atoms with Crippen molar-refractivity contribution in [1.82, 2.24) is 0 Å². The molecule has 1 fully saturated rings. The highest BCUT2D eigenvalue weighted by Crippen LogP contribution is 2.45. The summed E-state index contributed by atoms with van der Waals surface area (Å²) in [5, 5.41) is 21.1. The number of phenolic OH excluding ortho intramolecular Hbond substituents is 1. The van der Waals surface area contributed by atoms with Crippen LogP contribution in [0.15, 0.2) is 72.3 Å². The summed E-state index contributed by atoms with van der Waals surface area (Å²) in [6.07, 6.45) is 0. The molecule has 1 amide bonds. The van der Waals surface area contributed by atoms with Crippen LogP contribution < -0.4 is 14.4 Å². The predicted molar refractivity (Wildman–Crippen MR) is 124 cm³/mol. The van der Waals surface area contributed by atoms with Crippen molar-refractivity contribution in [2.45, 2.75) is 13.0 Å². The molecular formula is C26H23NO6. The topological polar surface area (TPSA) is 96.3 Å². The number of aromatic hydroxyl groups is 1. The molecule has 0 saturated carbocycles. The smallest absolute Gasteiger partial charge is 0.300 e. The summed E-state index contributed by atoms with van der Waals surface area (Å²) in [7, 11) is 3.02. The summed E-state index contributed by atoms with van der Waals surface area (Å²) in [5.74, 6) is -0.836. The zero-order valence-electron chi connectivity index (χ0n) is 18.4. The van der Waals surface area contributed by atoms with E-state index < -0.39 is 17.7 Å². The molecule has 1 unspecified atom stereocenters. The summed E-state index contributed by atoms with van der Waals surface area (Å²) < 4.78 is 10.7. The molecule has 168 valence electrons. The van der Waals surface area contributed by atoms with Crippen LogP contribution in [0.5, 0.6) is 17.2 Å². The van der Waals surface area contributed by atoms with Crippen LogP contribution in [0.2, 0.25) is 0 Å². The average molecular weight is 445 g/mol. The number of Topliss-reactive ketones (excluding diaryl/α,β-unsaturated/α-hetero) is 1. The summed E-state index contributed by atoms with van der Waals surface area (Å²) in [6.45, 7) is 1.78. The Morgan fingerprint density at radius 3 is 2.27 bits per heavy atom. The fraction of sp³-hybridized carbons (Fsp3) is 0.154. The van der Waals surface area contributed by atoms with Crippen LogP contribution in [0.1, 0.15) is 22.7 Å². The lowest BCUT2D eigenvalue weighted by Crippen LogP contribution is -2.29. The van der Waals surface area contributed by atoms with Crippen molar-refractivity contribution in [3.05, 3.63) is 89.0 Å². The number of hydrogen-bond acceptors (Lipinski definition) is 6. The minimum atomic E-state index is -0.927. The Hall–Kier alpha value is -4.26. The minimum absolute atomic E-state index is 0.0407. The van der Waals surface area contributed by atoms with Crippen molar-refractivity contribution in [2.75, 3.05) is 19.1 Å². The third-order valence-electron chi connectivity index (χ3n) is 5.69. The molecule has 2 N–H and O–H groups in total. The molecule has 0 spiro atoms. The summed E-state index contributed by atoms with van der Waals surface area (Å²) in [4.78, 5) is 27.8. The highest BCUT2D eigenvalue weighted by molar-refractivity contribution is 6.52. The van der Waals surface area contributed by atoms with Crippen molar-refractivity contribution >= 4 is 23.1 Å². The number of ketones is 1. The van der Waals surface area contributed by atoms with Crippen molar-refractivity contribution in [3.8, 4) is 17.2 Å². The lowest BCUT2D eigenvalue weighted by atomic mass is 9.93. The van der Waals surface area contributed by atoms with E-state index in [2.05, 4.69) is 0 Å². The van der Waals surface area contributed by atoms with Crippen LogP contribution in [0.25, 0.3) is 5.76 Å². The molecule has 3 aromatic carbocycles. The molecule has 3 aromatic rings. The number of para-hydroxylation sites is 2. The number of amides is 1. The van der Waals surface area contributed by atoms with E-state index in [1.165, 1.54) is 31.3 Å². The predicted octanol–water partition coefficient (Wildman–Crippen LogP) is 4.34. The van der Waals surface area contributed by atoms with Gasteiger partial charge in [0.15, 0.2) is 0 Å². The minimum Gasteiger partial charge on any atom is -0.508 e. The quantitative estimate of drug-likeness (QED) is 0.345. The summed E-state index contributed by atoms with van der Waals surface area (Å²) in [5.41, 5.74) is 1.98. The molecule has 0 radical (unpaired) electrons. The standard InChI is InChI=1S/C26H23NO6/c1-15-14-18(32-2)12-13-19(15)24(29)22-23(16-8-10-17(28)11-9-16)27(26(31)25(22)30)20-6-4-5-7-21(20)33-3/h4-14,23,28-29H,1-3H3/b24-22-. The van der Waals surface area contributed by atoms with E-state index in [0.717, 1.165) is 0 Å². The molecule has 0 aliphatic carbocycles. The van der Waals surface area contributed by atoms with Crippen LogP contribution in [0, 0.1) is 6.92 Å². The van der Waals surface area contributed by atoms with Gasteiger partial charge in [0.1, 0.15) is 23.0 Å². The second-order valence-electron chi connectivity index (χ2n) is 7.61. The number of phenols is 1. The molecule has 0 bridgehead atoms. The molecule has 0 aromatic heterocycles. The average Bonchev–Trinajstić information content (AvgIpc) is 3.09. The number of aliphatic hydroxyl groups excluding tert-OH is 1. The van der Waals surface area contributed by atoms with Crippen LogP contribution in [0.4, 0.5) is 5.69 Å². The number of carbonyl (C=O) groups is 2. The van der Waals surface area contributed by atoms with E-state index in [-0.39, 0.29) is 17.1 Å². The van der Waals surface area contributed by atoms with E-state index in [0.29, 0.717) is 33.9 Å². The van der Waals surface area contributed by atoms with Crippen LogP contribution in [-0.2, 0) is 9.59 Å². The lowest BCUT2D eigenvalue weighted by molar-refractivity contribution is -0.132. The Morgan fingerprint density at radius 1 is 0.939 bits per heavy atom. The van der Waals surface area contributed by atoms with E-state index in [9.17, 15) is 19.8 Å². The number of hydrogen-bond donors (Lipinski definition) is 2. The Morgan fingerprint density at radius 2 is 1.64 bits per heavy atom. The largest absolute Gasteiger partial charge is 0.508 e. The maximum absolute atomic E-state index is 13.3. The molecule has 33 heavy (non-hydrogen) atoms. The first-order valence-electron chi connectivity index (χ1n) is 10.2. The molecule has 1 saturated heterocycles. The van der Waals surface area contributed by atoms with Gasteiger partial charge in [-0.1, -0.05) is 24.3 Å². The lowest BCUT2D eigenvalue weighted by Gasteiger charge is -2.26. The molecule has 1 aliphatic rings.